The van der Waals surface area contributed by atoms with Crippen LogP contribution in [-0.2, 0) is 88.9 Å². The van der Waals surface area contributed by atoms with E-state index in [0.29, 0.717) is 13.2 Å². The maximum absolute atomic E-state index is 13.0. The summed E-state index contributed by atoms with van der Waals surface area (Å²) < 4.78 is 62.5. The van der Waals surface area contributed by atoms with Crippen molar-refractivity contribution >= 4 is 0 Å². The molecule has 1 heterocycles. The van der Waals surface area contributed by atoms with Crippen LogP contribution in [0.1, 0.15) is 110 Å². The molecule has 0 amide bonds. The normalized spacial score (nSPS) is 18.7. The SMILES string of the molecule is CCCCCCCCCCC/C=C\[C@H](OCc1ccccc1)[C@@H](OCc1ccccc1)[C@@H](OCc1ccccc1)[C@H](O)CO[C@H]1O[C@H](COCc2ccccc2)[C@H](OCc2ccccc2)[C@H](OCc2ccccc2)[C@H]1OCc1ccccc1. The highest BCUT2D eigenvalue weighted by atomic mass is 16.7. The Bertz CT molecular complexity index is 2740. The van der Waals surface area contributed by atoms with Crippen molar-refractivity contribution in [2.75, 3.05) is 13.2 Å². The summed E-state index contributed by atoms with van der Waals surface area (Å²) in [5.74, 6) is 0. The van der Waals surface area contributed by atoms with Gasteiger partial charge in [-0.1, -0.05) is 283 Å². The van der Waals surface area contributed by atoms with Gasteiger partial charge in [-0.2, -0.15) is 0 Å². The molecule has 0 unspecified atom stereocenters. The molecule has 8 rings (SSSR count). The molecule has 1 saturated heterocycles. The maximum Gasteiger partial charge on any atom is 0.187 e. The van der Waals surface area contributed by atoms with Gasteiger partial charge in [0, 0.05) is 0 Å². The topological polar surface area (TPSA) is 103 Å². The molecule has 7 aromatic carbocycles. The smallest absolute Gasteiger partial charge is 0.187 e. The van der Waals surface area contributed by atoms with E-state index in [0.717, 1.165) is 58.2 Å². The van der Waals surface area contributed by atoms with Gasteiger partial charge in [0.2, 0.25) is 0 Å². The number of aliphatic hydroxyl groups excluding tert-OH is 1. The van der Waals surface area contributed by atoms with Crippen LogP contribution in [0.15, 0.2) is 224 Å². The van der Waals surface area contributed by atoms with Crippen LogP contribution in [0.25, 0.3) is 0 Å². The van der Waals surface area contributed by atoms with Crippen LogP contribution in [0.5, 0.6) is 0 Å². The second kappa shape index (κ2) is 37.2. The number of hydrogen-bond acceptors (Lipinski definition) is 10. The van der Waals surface area contributed by atoms with Crippen molar-refractivity contribution in [2.45, 2.75) is 173 Å². The van der Waals surface area contributed by atoms with Gasteiger partial charge in [0.15, 0.2) is 6.29 Å². The van der Waals surface area contributed by atoms with Crippen molar-refractivity contribution in [1.82, 2.24) is 0 Å². The van der Waals surface area contributed by atoms with Crippen molar-refractivity contribution in [3.63, 3.8) is 0 Å². The molecular formula is C73H88O10. The lowest BCUT2D eigenvalue weighted by Crippen LogP contribution is -2.62. The fourth-order valence-electron chi connectivity index (χ4n) is 10.3. The van der Waals surface area contributed by atoms with Crippen LogP contribution in [0.4, 0.5) is 0 Å². The van der Waals surface area contributed by atoms with Gasteiger partial charge >= 0.3 is 0 Å². The number of rotatable bonds is 39. The summed E-state index contributed by atoms with van der Waals surface area (Å²) in [6, 6.07) is 70.5. The Kier molecular flexibility index (Phi) is 28.2. The third kappa shape index (κ3) is 22.4. The molecule has 0 spiro atoms. The molecule has 1 aliphatic heterocycles. The fraction of sp³-hybridized carbons (Fsp3) is 0.397. The summed E-state index contributed by atoms with van der Waals surface area (Å²) in [5.41, 5.74) is 6.91. The van der Waals surface area contributed by atoms with Gasteiger partial charge in [0.1, 0.15) is 48.8 Å². The lowest BCUT2D eigenvalue weighted by atomic mass is 9.97. The quantitative estimate of drug-likeness (QED) is 0.0296. The van der Waals surface area contributed by atoms with E-state index < -0.39 is 55.1 Å². The van der Waals surface area contributed by atoms with Crippen molar-refractivity contribution in [2.24, 2.45) is 0 Å². The van der Waals surface area contributed by atoms with E-state index in [2.05, 4.69) is 31.2 Å². The van der Waals surface area contributed by atoms with Gasteiger partial charge < -0.3 is 47.7 Å². The Hall–Kier alpha value is -6.12. The van der Waals surface area contributed by atoms with Crippen LogP contribution < -0.4 is 0 Å². The Balaban J connectivity index is 1.11. The monoisotopic (exact) mass is 1120 g/mol. The number of allylic oxidation sites excluding steroid dienone is 1. The van der Waals surface area contributed by atoms with Gasteiger partial charge in [-0.05, 0) is 51.8 Å². The minimum Gasteiger partial charge on any atom is -0.388 e. The molecule has 1 fully saturated rings. The number of ether oxygens (including phenoxy) is 9. The Morgan fingerprint density at radius 2 is 0.771 bits per heavy atom. The summed E-state index contributed by atoms with van der Waals surface area (Å²) in [5, 5.41) is 13.0. The van der Waals surface area contributed by atoms with E-state index in [1.54, 1.807) is 0 Å². The first-order chi connectivity index (χ1) is 41.1. The van der Waals surface area contributed by atoms with Crippen LogP contribution in [-0.4, -0.2) is 73.4 Å². The summed E-state index contributed by atoms with van der Waals surface area (Å²) >= 11 is 0. The summed E-state index contributed by atoms with van der Waals surface area (Å²) in [6.07, 6.45) is 8.75. The lowest BCUT2D eigenvalue weighted by Gasteiger charge is -2.46. The Labute approximate surface area is 494 Å². The van der Waals surface area contributed by atoms with E-state index in [1.165, 1.54) is 44.9 Å². The van der Waals surface area contributed by atoms with Crippen LogP contribution in [0.3, 0.4) is 0 Å². The van der Waals surface area contributed by atoms with Crippen molar-refractivity contribution in [3.05, 3.63) is 263 Å². The standard InChI is InChI=1S/C73H88O10/c1-2-3-4-5-6-7-8-9-10-11-33-48-66(76-50-59-36-21-13-22-37-59)69(78-52-61-40-25-15-26-41-61)68(77-51-60-38-23-14-24-39-60)65(74)56-82-73-72(81-55-64-46-31-18-32-47-64)71(80-54-63-44-29-17-30-45-63)70(79-53-62-42-27-16-28-43-62)67(83-73)57-75-49-58-34-19-12-20-35-58/h12-48,65-74H,2-11,49-57H2,1H3/b48-33-/t65-,66+,67-,68+,69-,70+,71+,72-,73+/m1/s1. The van der Waals surface area contributed by atoms with Crippen molar-refractivity contribution < 1.29 is 47.7 Å². The van der Waals surface area contributed by atoms with E-state index in [4.69, 9.17) is 42.6 Å². The van der Waals surface area contributed by atoms with Crippen LogP contribution in [0, 0.1) is 0 Å². The van der Waals surface area contributed by atoms with Crippen molar-refractivity contribution in [1.29, 1.82) is 0 Å². The van der Waals surface area contributed by atoms with Gasteiger partial charge in [-0.25, -0.2) is 0 Å². The highest BCUT2D eigenvalue weighted by molar-refractivity contribution is 5.19. The summed E-state index contributed by atoms with van der Waals surface area (Å²) in [6.45, 7) is 4.08. The molecule has 9 atom stereocenters. The van der Waals surface area contributed by atoms with E-state index in [-0.39, 0.29) is 46.2 Å². The van der Waals surface area contributed by atoms with Crippen LogP contribution in [0.2, 0.25) is 0 Å². The average Bonchev–Trinajstić information content (AvgIpc) is 3.60. The average molecular weight is 1130 g/mol. The van der Waals surface area contributed by atoms with Crippen LogP contribution >= 0.6 is 0 Å². The third-order valence-corrected chi connectivity index (χ3v) is 15.0. The first-order valence-corrected chi connectivity index (χ1v) is 30.3. The molecule has 1 aliphatic rings. The highest BCUT2D eigenvalue weighted by Crippen LogP contribution is 2.33. The minimum atomic E-state index is -1.27. The van der Waals surface area contributed by atoms with Gasteiger partial charge in [-0.15, -0.1) is 0 Å². The molecule has 0 radical (unpaired) electrons. The van der Waals surface area contributed by atoms with Gasteiger partial charge in [0.05, 0.1) is 59.5 Å². The van der Waals surface area contributed by atoms with E-state index in [9.17, 15) is 5.11 Å². The second-order valence-electron chi connectivity index (χ2n) is 21.6. The second-order valence-corrected chi connectivity index (χ2v) is 21.6. The van der Waals surface area contributed by atoms with E-state index in [1.807, 2.05) is 200 Å². The van der Waals surface area contributed by atoms with Gasteiger partial charge in [-0.3, -0.25) is 0 Å². The number of aliphatic hydroxyl groups is 1. The predicted octanol–water partition coefficient (Wildman–Crippen LogP) is 15.3. The molecule has 440 valence electrons. The number of benzene rings is 7. The lowest BCUT2D eigenvalue weighted by molar-refractivity contribution is -0.333. The molecule has 10 heteroatoms. The summed E-state index contributed by atoms with van der Waals surface area (Å²) in [7, 11) is 0. The minimum absolute atomic E-state index is 0.150. The highest BCUT2D eigenvalue weighted by Gasteiger charge is 2.50. The zero-order valence-corrected chi connectivity index (χ0v) is 48.6. The molecule has 10 nitrogen and oxygen atoms in total. The Morgan fingerprint density at radius 3 is 1.23 bits per heavy atom. The maximum atomic E-state index is 13.0. The zero-order chi connectivity index (χ0) is 57.2. The largest absolute Gasteiger partial charge is 0.388 e. The molecule has 0 bridgehead atoms. The predicted molar refractivity (Wildman–Crippen MR) is 328 cm³/mol. The first kappa shape index (κ1) is 62.9. The number of hydrogen-bond donors (Lipinski definition) is 1. The Morgan fingerprint density at radius 1 is 0.398 bits per heavy atom. The number of unbranched alkanes of at least 4 members (excludes halogenated alkanes) is 9. The third-order valence-electron chi connectivity index (χ3n) is 15.0. The molecule has 0 saturated carbocycles. The zero-order valence-electron chi connectivity index (χ0n) is 48.6. The molecule has 1 N–H and O–H groups in total. The fourth-order valence-corrected chi connectivity index (χ4v) is 10.3. The molecule has 0 aromatic heterocycles. The van der Waals surface area contributed by atoms with E-state index >= 15 is 0 Å². The molecule has 7 aromatic rings. The molecular weight excluding hydrogens is 1040 g/mol. The van der Waals surface area contributed by atoms with Crippen molar-refractivity contribution in [3.8, 4) is 0 Å². The molecule has 0 aliphatic carbocycles. The van der Waals surface area contributed by atoms with Gasteiger partial charge in [0.25, 0.3) is 0 Å². The first-order valence-electron chi connectivity index (χ1n) is 30.3. The summed E-state index contributed by atoms with van der Waals surface area (Å²) in [4.78, 5) is 0. The molecule has 83 heavy (non-hydrogen) atoms.